The number of nitrogens with one attached hydrogen (secondary N) is 1. The van der Waals surface area contributed by atoms with E-state index in [1.54, 1.807) is 0 Å². The Morgan fingerprint density at radius 2 is 1.68 bits per heavy atom. The van der Waals surface area contributed by atoms with Crippen molar-refractivity contribution < 1.29 is 4.74 Å². The summed E-state index contributed by atoms with van der Waals surface area (Å²) in [6.07, 6.45) is 1.12. The Labute approximate surface area is 118 Å². The Morgan fingerprint density at radius 1 is 1.11 bits per heavy atom. The van der Waals surface area contributed by atoms with Crippen LogP contribution in [0.3, 0.4) is 0 Å². The van der Waals surface area contributed by atoms with Crippen molar-refractivity contribution in [3.63, 3.8) is 0 Å². The highest BCUT2D eigenvalue weighted by atomic mass is 16.5. The largest absolute Gasteiger partial charge is 0.493 e. The van der Waals surface area contributed by atoms with Gasteiger partial charge in [0.2, 0.25) is 0 Å². The maximum atomic E-state index is 5.70. The van der Waals surface area contributed by atoms with Gasteiger partial charge >= 0.3 is 0 Å². The Kier molecular flexibility index (Phi) is 5.86. The summed E-state index contributed by atoms with van der Waals surface area (Å²) < 4.78 is 5.70. The van der Waals surface area contributed by atoms with Gasteiger partial charge in [0.05, 0.1) is 6.61 Å². The molecule has 0 amide bonds. The van der Waals surface area contributed by atoms with Crippen LogP contribution in [0, 0.1) is 5.92 Å². The maximum Gasteiger partial charge on any atom is 0.119 e. The zero-order chi connectivity index (χ0) is 14.5. The van der Waals surface area contributed by atoms with E-state index >= 15 is 0 Å². The van der Waals surface area contributed by atoms with Crippen LogP contribution in [0.2, 0.25) is 0 Å². The lowest BCUT2D eigenvalue weighted by Crippen LogP contribution is -2.40. The van der Waals surface area contributed by atoms with Crippen LogP contribution in [0.4, 0.5) is 0 Å². The number of hydrogen-bond donors (Lipinski definition) is 1. The zero-order valence-corrected chi connectivity index (χ0v) is 13.3. The standard InChI is InChI=1S/C17H29NO/c1-7-17(5,6)18-14(4)15-8-10-16(11-9-15)19-12-13(2)3/h8-11,13-14,18H,7,12H2,1-6H3. The Bertz CT molecular complexity index is 367. The summed E-state index contributed by atoms with van der Waals surface area (Å²) in [7, 11) is 0. The van der Waals surface area contributed by atoms with Crippen molar-refractivity contribution in [3.05, 3.63) is 29.8 Å². The molecule has 0 aliphatic heterocycles. The van der Waals surface area contributed by atoms with Crippen molar-refractivity contribution in [2.24, 2.45) is 5.92 Å². The molecule has 2 heteroatoms. The van der Waals surface area contributed by atoms with Gasteiger partial charge in [-0.3, -0.25) is 0 Å². The highest BCUT2D eigenvalue weighted by molar-refractivity contribution is 5.29. The molecule has 19 heavy (non-hydrogen) atoms. The second-order valence-electron chi connectivity index (χ2n) is 6.38. The van der Waals surface area contributed by atoms with Crippen LogP contribution >= 0.6 is 0 Å². The molecule has 0 aliphatic carbocycles. The molecule has 0 saturated carbocycles. The fourth-order valence-corrected chi connectivity index (χ4v) is 1.89. The summed E-state index contributed by atoms with van der Waals surface area (Å²) in [5.41, 5.74) is 1.48. The molecule has 0 aromatic heterocycles. The van der Waals surface area contributed by atoms with Gasteiger partial charge in [0, 0.05) is 11.6 Å². The highest BCUT2D eigenvalue weighted by Crippen LogP contribution is 2.21. The van der Waals surface area contributed by atoms with Gasteiger partial charge in [0.15, 0.2) is 0 Å². The number of benzene rings is 1. The molecule has 2 nitrogen and oxygen atoms in total. The van der Waals surface area contributed by atoms with Crippen LogP contribution in [-0.4, -0.2) is 12.1 Å². The van der Waals surface area contributed by atoms with E-state index in [4.69, 9.17) is 4.74 Å². The predicted molar refractivity (Wildman–Crippen MR) is 82.7 cm³/mol. The van der Waals surface area contributed by atoms with Crippen LogP contribution in [0.15, 0.2) is 24.3 Å². The van der Waals surface area contributed by atoms with Crippen molar-refractivity contribution >= 4 is 0 Å². The molecule has 1 unspecified atom stereocenters. The normalized spacial score (nSPS) is 13.6. The van der Waals surface area contributed by atoms with Crippen LogP contribution in [0.25, 0.3) is 0 Å². The minimum Gasteiger partial charge on any atom is -0.493 e. The van der Waals surface area contributed by atoms with Crippen molar-refractivity contribution in [2.75, 3.05) is 6.61 Å². The fraction of sp³-hybridized carbons (Fsp3) is 0.647. The molecule has 1 rings (SSSR count). The summed E-state index contributed by atoms with van der Waals surface area (Å²) in [5.74, 6) is 1.52. The first-order chi connectivity index (χ1) is 8.84. The third-order valence-corrected chi connectivity index (χ3v) is 3.45. The molecule has 0 saturated heterocycles. The van der Waals surface area contributed by atoms with E-state index in [0.717, 1.165) is 18.8 Å². The van der Waals surface area contributed by atoms with Gasteiger partial charge in [0.25, 0.3) is 0 Å². The van der Waals surface area contributed by atoms with Gasteiger partial charge in [-0.1, -0.05) is 32.9 Å². The van der Waals surface area contributed by atoms with Gasteiger partial charge in [-0.2, -0.15) is 0 Å². The molecule has 0 bridgehead atoms. The summed E-state index contributed by atoms with van der Waals surface area (Å²) in [6, 6.07) is 8.79. The molecule has 108 valence electrons. The molecular weight excluding hydrogens is 234 g/mol. The van der Waals surface area contributed by atoms with Crippen LogP contribution in [0.1, 0.15) is 59.6 Å². The second-order valence-corrected chi connectivity index (χ2v) is 6.38. The molecule has 0 aliphatic rings. The molecule has 0 radical (unpaired) electrons. The van der Waals surface area contributed by atoms with Crippen molar-refractivity contribution in [2.45, 2.75) is 59.5 Å². The first kappa shape index (κ1) is 16.0. The van der Waals surface area contributed by atoms with Crippen molar-refractivity contribution in [1.29, 1.82) is 0 Å². The second kappa shape index (κ2) is 6.95. The third-order valence-electron chi connectivity index (χ3n) is 3.45. The summed E-state index contributed by atoms with van der Waals surface area (Å²) >= 11 is 0. The minimum absolute atomic E-state index is 0.173. The summed E-state index contributed by atoms with van der Waals surface area (Å²) in [5, 5.41) is 3.65. The van der Waals surface area contributed by atoms with Crippen molar-refractivity contribution in [1.82, 2.24) is 5.32 Å². The van der Waals surface area contributed by atoms with E-state index in [2.05, 4.69) is 71.1 Å². The monoisotopic (exact) mass is 263 g/mol. The number of hydrogen-bond acceptors (Lipinski definition) is 2. The van der Waals surface area contributed by atoms with E-state index in [1.165, 1.54) is 5.56 Å². The molecule has 0 spiro atoms. The van der Waals surface area contributed by atoms with Gasteiger partial charge < -0.3 is 10.1 Å². The lowest BCUT2D eigenvalue weighted by atomic mass is 9.98. The lowest BCUT2D eigenvalue weighted by Gasteiger charge is -2.29. The predicted octanol–water partition coefficient (Wildman–Crippen LogP) is 4.56. The summed E-state index contributed by atoms with van der Waals surface area (Å²) in [4.78, 5) is 0. The first-order valence-electron chi connectivity index (χ1n) is 7.34. The van der Waals surface area contributed by atoms with E-state index in [-0.39, 0.29) is 5.54 Å². The van der Waals surface area contributed by atoms with Gasteiger partial charge in [-0.15, -0.1) is 0 Å². The van der Waals surface area contributed by atoms with Crippen LogP contribution in [0.5, 0.6) is 5.75 Å². The maximum absolute atomic E-state index is 5.70. The molecular formula is C17H29NO. The minimum atomic E-state index is 0.173. The molecule has 0 heterocycles. The zero-order valence-electron chi connectivity index (χ0n) is 13.3. The lowest BCUT2D eigenvalue weighted by molar-refractivity contribution is 0.271. The Morgan fingerprint density at radius 3 is 2.16 bits per heavy atom. The average molecular weight is 263 g/mol. The molecule has 1 aromatic carbocycles. The van der Waals surface area contributed by atoms with Crippen molar-refractivity contribution in [3.8, 4) is 5.75 Å². The molecule has 1 atom stereocenters. The highest BCUT2D eigenvalue weighted by Gasteiger charge is 2.18. The van der Waals surface area contributed by atoms with E-state index in [9.17, 15) is 0 Å². The Hall–Kier alpha value is -1.02. The SMILES string of the molecule is CCC(C)(C)NC(C)c1ccc(OCC(C)C)cc1. The number of ether oxygens (including phenoxy) is 1. The fourth-order valence-electron chi connectivity index (χ4n) is 1.89. The van der Waals surface area contributed by atoms with Gasteiger partial charge in [-0.25, -0.2) is 0 Å². The molecule has 1 aromatic rings. The first-order valence-corrected chi connectivity index (χ1v) is 7.34. The van der Waals surface area contributed by atoms with E-state index in [0.29, 0.717) is 12.0 Å². The summed E-state index contributed by atoms with van der Waals surface area (Å²) in [6.45, 7) is 14.0. The van der Waals surface area contributed by atoms with E-state index < -0.39 is 0 Å². The van der Waals surface area contributed by atoms with E-state index in [1.807, 2.05) is 0 Å². The number of rotatable bonds is 7. The average Bonchev–Trinajstić information content (AvgIpc) is 2.36. The van der Waals surface area contributed by atoms with Gasteiger partial charge in [0.1, 0.15) is 5.75 Å². The smallest absolute Gasteiger partial charge is 0.119 e. The Balaban J connectivity index is 2.60. The molecule has 0 fully saturated rings. The topological polar surface area (TPSA) is 21.3 Å². The quantitative estimate of drug-likeness (QED) is 0.778. The van der Waals surface area contributed by atoms with Crippen LogP contribution in [-0.2, 0) is 0 Å². The van der Waals surface area contributed by atoms with Crippen LogP contribution < -0.4 is 10.1 Å². The third kappa shape index (κ3) is 5.65. The van der Waals surface area contributed by atoms with Gasteiger partial charge in [-0.05, 0) is 50.8 Å². The molecule has 1 N–H and O–H groups in total.